The number of nitrogens with zero attached hydrogens (tertiary/aromatic N) is 3. The molecule has 0 fully saturated rings. The third kappa shape index (κ3) is 3.29. The Bertz CT molecular complexity index is 779. The summed E-state index contributed by atoms with van der Waals surface area (Å²) >= 11 is 7.28. The van der Waals surface area contributed by atoms with Gasteiger partial charge in [-0.3, -0.25) is 10.1 Å². The van der Waals surface area contributed by atoms with Crippen LogP contribution >= 0.6 is 22.9 Å². The monoisotopic (exact) mass is 324 g/mol. The summed E-state index contributed by atoms with van der Waals surface area (Å²) in [6, 6.07) is 5.20. The SMILES string of the molecule is Cc1cc(C(=O)Nc2nnc(Cc3ccc(Cl)s3)o2)on1. The first kappa shape index (κ1) is 13.8. The number of rotatable bonds is 4. The molecular weight excluding hydrogens is 316 g/mol. The molecule has 0 aliphatic heterocycles. The van der Waals surface area contributed by atoms with Gasteiger partial charge in [-0.1, -0.05) is 21.9 Å². The van der Waals surface area contributed by atoms with Crippen molar-refractivity contribution in [3.8, 4) is 0 Å². The Balaban J connectivity index is 1.66. The lowest BCUT2D eigenvalue weighted by atomic mass is 10.3. The Hall–Kier alpha value is -2.19. The molecule has 0 saturated carbocycles. The van der Waals surface area contributed by atoms with Gasteiger partial charge in [-0.15, -0.1) is 16.4 Å². The van der Waals surface area contributed by atoms with Gasteiger partial charge in [0.15, 0.2) is 0 Å². The predicted octanol–water partition coefficient (Wildman–Crippen LogP) is 2.92. The lowest BCUT2D eigenvalue weighted by Gasteiger charge is -1.94. The molecule has 0 atom stereocenters. The Kier molecular flexibility index (Phi) is 3.72. The highest BCUT2D eigenvalue weighted by atomic mass is 35.5. The van der Waals surface area contributed by atoms with Crippen LogP contribution in [0.5, 0.6) is 0 Å². The van der Waals surface area contributed by atoms with E-state index in [-0.39, 0.29) is 11.8 Å². The minimum atomic E-state index is -0.495. The number of thiophene rings is 1. The average molecular weight is 325 g/mol. The van der Waals surface area contributed by atoms with E-state index in [4.69, 9.17) is 20.5 Å². The zero-order chi connectivity index (χ0) is 14.8. The Morgan fingerprint density at radius 3 is 2.95 bits per heavy atom. The zero-order valence-corrected chi connectivity index (χ0v) is 12.4. The molecule has 1 amide bonds. The van der Waals surface area contributed by atoms with Crippen LogP contribution in [0.25, 0.3) is 0 Å². The molecular formula is C12H9ClN4O3S. The van der Waals surface area contributed by atoms with E-state index in [0.29, 0.717) is 22.3 Å². The molecule has 9 heteroatoms. The largest absolute Gasteiger partial charge is 0.407 e. The minimum Gasteiger partial charge on any atom is -0.407 e. The maximum Gasteiger partial charge on any atom is 0.322 e. The second-order valence-corrected chi connectivity index (χ2v) is 5.97. The van der Waals surface area contributed by atoms with Crippen molar-refractivity contribution in [1.82, 2.24) is 15.4 Å². The molecule has 0 bridgehead atoms. The van der Waals surface area contributed by atoms with E-state index in [1.165, 1.54) is 17.4 Å². The predicted molar refractivity (Wildman–Crippen MR) is 75.6 cm³/mol. The smallest absolute Gasteiger partial charge is 0.322 e. The summed E-state index contributed by atoms with van der Waals surface area (Å²) < 4.78 is 10.9. The highest BCUT2D eigenvalue weighted by Crippen LogP contribution is 2.23. The van der Waals surface area contributed by atoms with E-state index in [9.17, 15) is 4.79 Å². The van der Waals surface area contributed by atoms with Crippen molar-refractivity contribution in [3.05, 3.63) is 44.8 Å². The van der Waals surface area contributed by atoms with E-state index in [0.717, 1.165) is 4.88 Å². The third-order valence-corrected chi connectivity index (χ3v) is 3.72. The molecule has 0 aliphatic carbocycles. The van der Waals surface area contributed by atoms with Gasteiger partial charge in [0, 0.05) is 10.9 Å². The standard InChI is InChI=1S/C12H9ClN4O3S/c1-6-4-8(20-17-6)11(18)14-12-16-15-10(19-12)5-7-2-3-9(13)21-7/h2-4H,5H2,1H3,(H,14,16,18). The maximum atomic E-state index is 11.8. The van der Waals surface area contributed by atoms with Gasteiger partial charge in [-0.05, 0) is 19.1 Å². The summed E-state index contributed by atoms with van der Waals surface area (Å²) in [5.41, 5.74) is 0.612. The second-order valence-electron chi connectivity index (χ2n) is 4.17. The third-order valence-electron chi connectivity index (χ3n) is 2.49. The summed E-state index contributed by atoms with van der Waals surface area (Å²) in [6.45, 7) is 1.72. The van der Waals surface area contributed by atoms with Gasteiger partial charge in [0.2, 0.25) is 11.7 Å². The molecule has 1 N–H and O–H groups in total. The van der Waals surface area contributed by atoms with Crippen LogP contribution in [0.1, 0.15) is 27.0 Å². The Morgan fingerprint density at radius 1 is 1.43 bits per heavy atom. The first-order chi connectivity index (χ1) is 10.1. The number of aryl methyl sites for hydroxylation is 1. The number of amides is 1. The summed E-state index contributed by atoms with van der Waals surface area (Å²) in [5.74, 6) is -0.0279. The van der Waals surface area contributed by atoms with E-state index in [1.54, 1.807) is 13.0 Å². The van der Waals surface area contributed by atoms with E-state index in [1.807, 2.05) is 6.07 Å². The molecule has 0 saturated heterocycles. The van der Waals surface area contributed by atoms with Gasteiger partial charge in [0.25, 0.3) is 5.91 Å². The van der Waals surface area contributed by atoms with Gasteiger partial charge in [0.05, 0.1) is 16.5 Å². The molecule has 3 aromatic rings. The number of halogens is 1. The number of nitrogens with one attached hydrogen (secondary N) is 1. The number of carbonyl (C=O) groups excluding carboxylic acids is 1. The highest BCUT2D eigenvalue weighted by Gasteiger charge is 2.16. The van der Waals surface area contributed by atoms with Crippen LogP contribution in [-0.4, -0.2) is 21.3 Å². The van der Waals surface area contributed by atoms with Gasteiger partial charge in [-0.2, -0.15) is 0 Å². The molecule has 21 heavy (non-hydrogen) atoms. The van der Waals surface area contributed by atoms with Crippen LogP contribution in [0, 0.1) is 6.92 Å². The normalized spacial score (nSPS) is 10.8. The van der Waals surface area contributed by atoms with Crippen molar-refractivity contribution >= 4 is 34.9 Å². The molecule has 0 aliphatic rings. The van der Waals surface area contributed by atoms with Gasteiger partial charge < -0.3 is 8.94 Å². The van der Waals surface area contributed by atoms with Gasteiger partial charge in [-0.25, -0.2) is 0 Å². The van der Waals surface area contributed by atoms with Crippen LogP contribution < -0.4 is 5.32 Å². The summed E-state index contributed by atoms with van der Waals surface area (Å²) in [7, 11) is 0. The Labute approximate surface area is 127 Å². The van der Waals surface area contributed by atoms with E-state index < -0.39 is 5.91 Å². The average Bonchev–Trinajstić information content (AvgIpc) is 3.13. The summed E-state index contributed by atoms with van der Waals surface area (Å²) in [4.78, 5) is 12.8. The van der Waals surface area contributed by atoms with Crippen LogP contribution in [-0.2, 0) is 6.42 Å². The summed E-state index contributed by atoms with van der Waals surface area (Å²) in [6.07, 6.45) is 0.460. The van der Waals surface area contributed by atoms with Crippen LogP contribution in [0.15, 0.2) is 27.1 Å². The second kappa shape index (κ2) is 5.66. The molecule has 0 radical (unpaired) electrons. The lowest BCUT2D eigenvalue weighted by Crippen LogP contribution is -2.11. The molecule has 3 heterocycles. The van der Waals surface area contributed by atoms with Crippen LogP contribution in [0.3, 0.4) is 0 Å². The maximum absolute atomic E-state index is 11.8. The molecule has 0 unspecified atom stereocenters. The van der Waals surface area contributed by atoms with E-state index >= 15 is 0 Å². The van der Waals surface area contributed by atoms with Crippen molar-refractivity contribution in [2.45, 2.75) is 13.3 Å². The fourth-order valence-electron chi connectivity index (χ4n) is 1.60. The molecule has 3 rings (SSSR count). The highest BCUT2D eigenvalue weighted by molar-refractivity contribution is 7.16. The molecule has 0 aromatic carbocycles. The van der Waals surface area contributed by atoms with Crippen molar-refractivity contribution < 1.29 is 13.7 Å². The number of carbonyl (C=O) groups is 1. The zero-order valence-electron chi connectivity index (χ0n) is 10.8. The molecule has 0 spiro atoms. The first-order valence-electron chi connectivity index (χ1n) is 5.91. The van der Waals surface area contributed by atoms with Crippen LogP contribution in [0.4, 0.5) is 6.01 Å². The number of hydrogen-bond donors (Lipinski definition) is 1. The van der Waals surface area contributed by atoms with Crippen molar-refractivity contribution in [1.29, 1.82) is 0 Å². The number of aromatic nitrogens is 3. The van der Waals surface area contributed by atoms with E-state index in [2.05, 4.69) is 20.7 Å². The lowest BCUT2D eigenvalue weighted by molar-refractivity contribution is 0.0985. The summed E-state index contributed by atoms with van der Waals surface area (Å²) in [5, 5.41) is 13.7. The number of anilines is 1. The fourth-order valence-corrected chi connectivity index (χ4v) is 2.68. The van der Waals surface area contributed by atoms with Crippen LogP contribution in [0.2, 0.25) is 4.34 Å². The fraction of sp³-hybridized carbons (Fsp3) is 0.167. The molecule has 3 aromatic heterocycles. The number of hydrogen-bond acceptors (Lipinski definition) is 7. The molecule has 108 valence electrons. The first-order valence-corrected chi connectivity index (χ1v) is 7.11. The van der Waals surface area contributed by atoms with Crippen molar-refractivity contribution in [2.75, 3.05) is 5.32 Å². The van der Waals surface area contributed by atoms with Gasteiger partial charge >= 0.3 is 6.01 Å². The Morgan fingerprint density at radius 2 is 2.29 bits per heavy atom. The van der Waals surface area contributed by atoms with Gasteiger partial charge in [0.1, 0.15) is 0 Å². The van der Waals surface area contributed by atoms with Crippen molar-refractivity contribution in [3.63, 3.8) is 0 Å². The molecule has 7 nitrogen and oxygen atoms in total. The quantitative estimate of drug-likeness (QED) is 0.793. The van der Waals surface area contributed by atoms with Crippen molar-refractivity contribution in [2.24, 2.45) is 0 Å². The topological polar surface area (TPSA) is 94.1 Å². The minimum absolute atomic E-state index is 0.00621.